The van der Waals surface area contributed by atoms with Gasteiger partial charge in [-0.3, -0.25) is 4.90 Å². The number of alkyl halides is 3. The largest absolute Gasteiger partial charge is 0.412 e. The Kier molecular flexibility index (Phi) is 5.71. The van der Waals surface area contributed by atoms with Gasteiger partial charge in [-0.1, -0.05) is 30.3 Å². The number of nitrogens with one attached hydrogen (secondary N) is 1. The van der Waals surface area contributed by atoms with Crippen LogP contribution in [0.15, 0.2) is 30.3 Å². The first-order valence-corrected chi connectivity index (χ1v) is 7.74. The molecule has 8 heteroatoms. The fourth-order valence-corrected chi connectivity index (χ4v) is 2.82. The maximum absolute atomic E-state index is 13.6. The normalized spacial score (nSPS) is 21.7. The zero-order chi connectivity index (χ0) is 17.8. The minimum atomic E-state index is -4.55. The Bertz CT molecular complexity index is 553. The third kappa shape index (κ3) is 4.18. The van der Waals surface area contributed by atoms with Crippen LogP contribution in [0.25, 0.3) is 0 Å². The summed E-state index contributed by atoms with van der Waals surface area (Å²) in [6.07, 6.45) is -4.74. The van der Waals surface area contributed by atoms with E-state index in [4.69, 9.17) is 5.11 Å². The Morgan fingerprint density at radius 3 is 2.62 bits per heavy atom. The summed E-state index contributed by atoms with van der Waals surface area (Å²) in [6, 6.07) is 8.43. The summed E-state index contributed by atoms with van der Waals surface area (Å²) in [4.78, 5) is 14.7. The molecule has 1 saturated heterocycles. The molecule has 2 N–H and O–H groups in total. The van der Waals surface area contributed by atoms with Crippen LogP contribution in [0.4, 0.5) is 18.0 Å². The molecule has 2 rings (SSSR count). The van der Waals surface area contributed by atoms with Crippen molar-refractivity contribution in [1.29, 1.82) is 0 Å². The smallest absolute Gasteiger partial charge is 0.395 e. The molecule has 0 aliphatic carbocycles. The molecule has 1 aromatic rings. The topological polar surface area (TPSA) is 55.8 Å². The lowest BCUT2D eigenvalue weighted by atomic mass is 9.98. The second-order valence-corrected chi connectivity index (χ2v) is 6.10. The van der Waals surface area contributed by atoms with Crippen molar-refractivity contribution in [2.24, 2.45) is 0 Å². The van der Waals surface area contributed by atoms with Crippen molar-refractivity contribution < 1.29 is 23.1 Å². The highest BCUT2D eigenvalue weighted by atomic mass is 19.4. The van der Waals surface area contributed by atoms with Gasteiger partial charge in [0.2, 0.25) is 0 Å². The Morgan fingerprint density at radius 2 is 2.04 bits per heavy atom. The third-order valence-electron chi connectivity index (χ3n) is 4.27. The monoisotopic (exact) mass is 345 g/mol. The number of amides is 2. The summed E-state index contributed by atoms with van der Waals surface area (Å²) in [5, 5.41) is 11.0. The van der Waals surface area contributed by atoms with Crippen LogP contribution in [0, 0.1) is 0 Å². The molecule has 1 fully saturated rings. The highest BCUT2D eigenvalue weighted by molar-refractivity contribution is 5.75. The summed E-state index contributed by atoms with van der Waals surface area (Å²) < 4.78 is 40.9. The van der Waals surface area contributed by atoms with Crippen molar-refractivity contribution in [1.82, 2.24) is 15.1 Å². The van der Waals surface area contributed by atoms with Crippen LogP contribution in [0.5, 0.6) is 0 Å². The molecule has 1 heterocycles. The van der Waals surface area contributed by atoms with Gasteiger partial charge in [-0.25, -0.2) is 4.79 Å². The number of likely N-dealkylation sites (N-methyl/N-ethyl adjacent to an activating group) is 1. The van der Waals surface area contributed by atoms with E-state index in [2.05, 4.69) is 5.32 Å². The molecule has 24 heavy (non-hydrogen) atoms. The number of rotatable bonds is 5. The summed E-state index contributed by atoms with van der Waals surface area (Å²) in [7, 11) is 1.35. The second-order valence-electron chi connectivity index (χ2n) is 6.10. The molecule has 0 bridgehead atoms. The van der Waals surface area contributed by atoms with Gasteiger partial charge in [-0.05, 0) is 12.0 Å². The summed E-state index contributed by atoms with van der Waals surface area (Å²) >= 11 is 0. The average Bonchev–Trinajstić information content (AvgIpc) is 2.92. The number of halogens is 3. The highest BCUT2D eigenvalue weighted by Gasteiger charge is 2.59. The van der Waals surface area contributed by atoms with E-state index in [9.17, 15) is 18.0 Å². The molecule has 1 unspecified atom stereocenters. The molecule has 5 nitrogen and oxygen atoms in total. The van der Waals surface area contributed by atoms with E-state index in [0.29, 0.717) is 6.54 Å². The summed E-state index contributed by atoms with van der Waals surface area (Å²) in [5.74, 6) is 0. The zero-order valence-corrected chi connectivity index (χ0v) is 13.5. The second kappa shape index (κ2) is 7.40. The molecule has 1 aromatic carbocycles. The van der Waals surface area contributed by atoms with Crippen LogP contribution in [-0.2, 0) is 6.54 Å². The van der Waals surface area contributed by atoms with Crippen LogP contribution >= 0.6 is 0 Å². The first-order valence-electron chi connectivity index (χ1n) is 7.74. The number of hydrogen-bond acceptors (Lipinski definition) is 3. The molecular formula is C16H22F3N3O2. The van der Waals surface area contributed by atoms with Gasteiger partial charge in [0.1, 0.15) is 0 Å². The number of hydrogen-bond donors (Lipinski definition) is 2. The summed E-state index contributed by atoms with van der Waals surface area (Å²) in [5.41, 5.74) is -1.33. The Hall–Kier alpha value is -1.80. The average molecular weight is 345 g/mol. The van der Waals surface area contributed by atoms with Crippen LogP contribution in [-0.4, -0.2) is 65.9 Å². The highest BCUT2D eigenvalue weighted by Crippen LogP contribution is 2.38. The number of aliphatic hydroxyl groups excluding tert-OH is 1. The van der Waals surface area contributed by atoms with Gasteiger partial charge < -0.3 is 15.3 Å². The molecule has 0 saturated carbocycles. The molecule has 0 aromatic heterocycles. The third-order valence-corrected chi connectivity index (χ3v) is 4.27. The predicted molar refractivity (Wildman–Crippen MR) is 83.4 cm³/mol. The molecule has 0 spiro atoms. The van der Waals surface area contributed by atoms with Crippen LogP contribution in [0.1, 0.15) is 12.0 Å². The van der Waals surface area contributed by atoms with Gasteiger partial charge in [0.05, 0.1) is 6.61 Å². The van der Waals surface area contributed by atoms with E-state index < -0.39 is 17.7 Å². The van der Waals surface area contributed by atoms with Crippen molar-refractivity contribution in [3.8, 4) is 0 Å². The van der Waals surface area contributed by atoms with Crippen LogP contribution in [0.3, 0.4) is 0 Å². The van der Waals surface area contributed by atoms with E-state index in [1.54, 1.807) is 4.90 Å². The van der Waals surface area contributed by atoms with Gasteiger partial charge >= 0.3 is 12.2 Å². The number of benzene rings is 1. The minimum Gasteiger partial charge on any atom is -0.395 e. The van der Waals surface area contributed by atoms with Crippen LogP contribution in [0.2, 0.25) is 0 Å². The van der Waals surface area contributed by atoms with Crippen molar-refractivity contribution in [3.63, 3.8) is 0 Å². The summed E-state index contributed by atoms with van der Waals surface area (Å²) in [6.45, 7) is 0.0418. The quantitative estimate of drug-likeness (QED) is 0.856. The SMILES string of the molecule is CN(CCO)C(=O)NC1(C(F)(F)F)CCN(Cc2ccccc2)C1. The molecule has 1 aliphatic rings. The molecule has 1 aliphatic heterocycles. The first-order chi connectivity index (χ1) is 11.3. The van der Waals surface area contributed by atoms with Crippen LogP contribution < -0.4 is 5.32 Å². The van der Waals surface area contributed by atoms with Gasteiger partial charge in [0.25, 0.3) is 0 Å². The zero-order valence-electron chi connectivity index (χ0n) is 13.5. The number of urea groups is 1. The van der Waals surface area contributed by atoms with Gasteiger partial charge in [-0.2, -0.15) is 13.2 Å². The molecule has 2 amide bonds. The predicted octanol–water partition coefficient (Wildman–Crippen LogP) is 1.83. The molecular weight excluding hydrogens is 323 g/mol. The molecule has 134 valence electrons. The van der Waals surface area contributed by atoms with Gasteiger partial charge in [0.15, 0.2) is 5.54 Å². The Balaban J connectivity index is 2.08. The Morgan fingerprint density at radius 1 is 1.38 bits per heavy atom. The maximum Gasteiger partial charge on any atom is 0.412 e. The van der Waals surface area contributed by atoms with Crippen molar-refractivity contribution >= 4 is 6.03 Å². The number of aliphatic hydroxyl groups is 1. The van der Waals surface area contributed by atoms with E-state index in [1.807, 2.05) is 30.3 Å². The van der Waals surface area contributed by atoms with E-state index in [-0.39, 0.29) is 32.7 Å². The number of carbonyl (C=O) groups is 1. The first kappa shape index (κ1) is 18.5. The van der Waals surface area contributed by atoms with E-state index in [1.165, 1.54) is 7.05 Å². The van der Waals surface area contributed by atoms with E-state index in [0.717, 1.165) is 10.5 Å². The van der Waals surface area contributed by atoms with Crippen molar-refractivity contribution in [2.45, 2.75) is 24.7 Å². The maximum atomic E-state index is 13.6. The number of nitrogens with zero attached hydrogens (tertiary/aromatic N) is 2. The molecule has 1 atom stereocenters. The molecule has 0 radical (unpaired) electrons. The number of likely N-dealkylation sites (tertiary alicyclic amines) is 1. The standard InChI is InChI=1S/C16H22F3N3O2/c1-21(9-10-23)14(24)20-15(16(17,18)19)7-8-22(12-15)11-13-5-3-2-4-6-13/h2-6,23H,7-12H2,1H3,(H,20,24). The van der Waals surface area contributed by atoms with Crippen molar-refractivity contribution in [2.75, 3.05) is 33.3 Å². The van der Waals surface area contributed by atoms with Gasteiger partial charge in [-0.15, -0.1) is 0 Å². The Labute approximate surface area is 139 Å². The lowest BCUT2D eigenvalue weighted by molar-refractivity contribution is -0.189. The van der Waals surface area contributed by atoms with Gasteiger partial charge in [0, 0.05) is 33.2 Å². The van der Waals surface area contributed by atoms with Crippen molar-refractivity contribution in [3.05, 3.63) is 35.9 Å². The lowest BCUT2D eigenvalue weighted by Crippen LogP contribution is -2.62. The van der Waals surface area contributed by atoms with E-state index >= 15 is 0 Å². The lowest BCUT2D eigenvalue weighted by Gasteiger charge is -2.34. The fraction of sp³-hybridized carbons (Fsp3) is 0.562. The number of carbonyl (C=O) groups excluding carboxylic acids is 1. The fourth-order valence-electron chi connectivity index (χ4n) is 2.82. The minimum absolute atomic E-state index is 0.0203.